The molecule has 0 unspecified atom stereocenters. The van der Waals surface area contributed by atoms with Gasteiger partial charge >= 0.3 is 5.97 Å². The molecule has 160 valence electrons. The number of aliphatic imine (C=N–C) groups is 1. The highest BCUT2D eigenvalue weighted by atomic mass is 32.2. The Kier molecular flexibility index (Phi) is 6.29. The van der Waals surface area contributed by atoms with Gasteiger partial charge in [0, 0.05) is 19.3 Å². The number of carbonyl (C=O) groups excluding carboxylic acids is 2. The number of amidine groups is 1. The lowest BCUT2D eigenvalue weighted by molar-refractivity contribution is -0.136. The normalized spacial score (nSPS) is 17.8. The Morgan fingerprint density at radius 2 is 2.00 bits per heavy atom. The molecule has 0 fully saturated rings. The van der Waals surface area contributed by atoms with Crippen LogP contribution in [0, 0.1) is 0 Å². The summed E-state index contributed by atoms with van der Waals surface area (Å²) in [6.07, 6.45) is 0.226. The molecular formula is C23H23N3O3S2. The van der Waals surface area contributed by atoms with Gasteiger partial charge in [-0.05, 0) is 40.3 Å². The second-order valence-corrected chi connectivity index (χ2v) is 8.97. The van der Waals surface area contributed by atoms with Gasteiger partial charge in [0.2, 0.25) is 5.91 Å². The highest BCUT2D eigenvalue weighted by Crippen LogP contribution is 2.45. The van der Waals surface area contributed by atoms with Crippen LogP contribution in [0.5, 0.6) is 0 Å². The summed E-state index contributed by atoms with van der Waals surface area (Å²) >= 11 is 3.05. The van der Waals surface area contributed by atoms with Crippen molar-refractivity contribution in [3.63, 3.8) is 0 Å². The molecule has 0 spiro atoms. The molecule has 0 aliphatic carbocycles. The Morgan fingerprint density at radius 3 is 2.68 bits per heavy atom. The van der Waals surface area contributed by atoms with Crippen molar-refractivity contribution in [2.75, 3.05) is 14.2 Å². The Morgan fingerprint density at radius 1 is 1.23 bits per heavy atom. The Balaban J connectivity index is 1.59. The van der Waals surface area contributed by atoms with Crippen molar-refractivity contribution in [3.8, 4) is 0 Å². The van der Waals surface area contributed by atoms with E-state index in [0.717, 1.165) is 22.0 Å². The summed E-state index contributed by atoms with van der Waals surface area (Å²) in [5.41, 5.74) is 4.04. The summed E-state index contributed by atoms with van der Waals surface area (Å²) in [6, 6.07) is 11.5. The standard InChI is InChI=1S/C23H23N3O3S2/c1-15-20(22(28)29-3)21(17-9-10-30-13-17)26-18(14-31-23(26)24-15)11-19(27)25(2)12-16-7-5-4-6-8-16/h4-10,13-14,21H,11-12H2,1-3H3/t21-/m1/s1. The molecule has 1 amide bonds. The topological polar surface area (TPSA) is 62.2 Å². The average molecular weight is 454 g/mol. The minimum Gasteiger partial charge on any atom is -0.466 e. The molecular weight excluding hydrogens is 430 g/mol. The van der Waals surface area contributed by atoms with Crippen molar-refractivity contribution >= 4 is 40.1 Å². The molecule has 1 aromatic heterocycles. The van der Waals surface area contributed by atoms with Crippen molar-refractivity contribution in [1.82, 2.24) is 9.80 Å². The highest BCUT2D eigenvalue weighted by molar-refractivity contribution is 8.16. The van der Waals surface area contributed by atoms with Crippen LogP contribution in [0.2, 0.25) is 0 Å². The molecule has 0 saturated carbocycles. The van der Waals surface area contributed by atoms with Crippen molar-refractivity contribution < 1.29 is 14.3 Å². The second-order valence-electron chi connectivity index (χ2n) is 7.35. The van der Waals surface area contributed by atoms with E-state index >= 15 is 0 Å². The maximum Gasteiger partial charge on any atom is 0.338 e. The van der Waals surface area contributed by atoms with E-state index in [-0.39, 0.29) is 18.4 Å². The Labute approximate surface area is 189 Å². The van der Waals surface area contributed by atoms with Crippen LogP contribution in [-0.4, -0.2) is 41.0 Å². The fourth-order valence-corrected chi connectivity index (χ4v) is 5.37. The maximum atomic E-state index is 13.0. The zero-order valence-electron chi connectivity index (χ0n) is 17.6. The number of amides is 1. The van der Waals surface area contributed by atoms with Crippen LogP contribution in [0.25, 0.3) is 0 Å². The summed E-state index contributed by atoms with van der Waals surface area (Å²) in [7, 11) is 3.19. The third kappa shape index (κ3) is 4.31. The third-order valence-corrected chi connectivity index (χ3v) is 6.88. The lowest BCUT2D eigenvalue weighted by Crippen LogP contribution is -2.38. The smallest absolute Gasteiger partial charge is 0.338 e. The number of thioether (sulfide) groups is 1. The van der Waals surface area contributed by atoms with E-state index < -0.39 is 5.97 Å². The zero-order valence-corrected chi connectivity index (χ0v) is 19.2. The van der Waals surface area contributed by atoms with Crippen molar-refractivity contribution in [3.05, 3.63) is 80.7 Å². The van der Waals surface area contributed by atoms with Crippen LogP contribution >= 0.6 is 23.1 Å². The molecule has 2 aromatic rings. The van der Waals surface area contributed by atoms with Gasteiger partial charge in [-0.2, -0.15) is 11.3 Å². The van der Waals surface area contributed by atoms with E-state index in [1.54, 1.807) is 16.2 Å². The molecule has 1 aromatic carbocycles. The van der Waals surface area contributed by atoms with Crippen LogP contribution in [-0.2, 0) is 20.9 Å². The quantitative estimate of drug-likeness (QED) is 0.601. The first-order chi connectivity index (χ1) is 15.0. The van der Waals surface area contributed by atoms with E-state index in [1.807, 2.05) is 71.4 Å². The molecule has 6 nitrogen and oxygen atoms in total. The van der Waals surface area contributed by atoms with Gasteiger partial charge in [0.1, 0.15) is 0 Å². The molecule has 2 aliphatic rings. The second kappa shape index (κ2) is 9.11. The van der Waals surface area contributed by atoms with Gasteiger partial charge in [0.15, 0.2) is 5.17 Å². The lowest BCUT2D eigenvalue weighted by atomic mass is 9.96. The van der Waals surface area contributed by atoms with Gasteiger partial charge in [-0.1, -0.05) is 42.1 Å². The molecule has 8 heteroatoms. The molecule has 0 saturated heterocycles. The summed E-state index contributed by atoms with van der Waals surface area (Å²) < 4.78 is 5.07. The first-order valence-electron chi connectivity index (χ1n) is 9.82. The molecule has 0 bridgehead atoms. The Hall–Kier alpha value is -2.84. The van der Waals surface area contributed by atoms with Gasteiger partial charge in [0.05, 0.1) is 30.8 Å². The number of hydrogen-bond acceptors (Lipinski definition) is 7. The summed E-state index contributed by atoms with van der Waals surface area (Å²) in [4.78, 5) is 34.0. The number of allylic oxidation sites excluding steroid dienone is 1. The predicted octanol–water partition coefficient (Wildman–Crippen LogP) is 4.54. The number of rotatable bonds is 6. The number of esters is 1. The predicted molar refractivity (Wildman–Crippen MR) is 124 cm³/mol. The highest BCUT2D eigenvalue weighted by Gasteiger charge is 2.41. The van der Waals surface area contributed by atoms with Crippen molar-refractivity contribution in [2.45, 2.75) is 25.9 Å². The number of carbonyl (C=O) groups is 2. The van der Waals surface area contributed by atoms with Crippen LogP contribution < -0.4 is 0 Å². The van der Waals surface area contributed by atoms with E-state index in [9.17, 15) is 9.59 Å². The first kappa shape index (κ1) is 21.4. The molecule has 0 N–H and O–H groups in total. The molecule has 0 radical (unpaired) electrons. The monoisotopic (exact) mass is 453 g/mol. The summed E-state index contributed by atoms with van der Waals surface area (Å²) in [5.74, 6) is -0.396. The molecule has 31 heavy (non-hydrogen) atoms. The number of thiophene rings is 1. The van der Waals surface area contributed by atoms with Crippen LogP contribution in [0.4, 0.5) is 0 Å². The number of nitrogens with zero attached hydrogens (tertiary/aromatic N) is 3. The fourth-order valence-electron chi connectivity index (χ4n) is 3.72. The summed E-state index contributed by atoms with van der Waals surface area (Å²) in [5, 5.41) is 6.74. The number of fused-ring (bicyclic) bond motifs is 1. The number of methoxy groups -OCH3 is 1. The van der Waals surface area contributed by atoms with Gasteiger partial charge < -0.3 is 14.5 Å². The largest absolute Gasteiger partial charge is 0.466 e. The average Bonchev–Trinajstić information content (AvgIpc) is 3.43. The van der Waals surface area contributed by atoms with E-state index in [2.05, 4.69) is 4.99 Å². The van der Waals surface area contributed by atoms with Crippen molar-refractivity contribution in [2.24, 2.45) is 4.99 Å². The van der Waals surface area contributed by atoms with Crippen LogP contribution in [0.3, 0.4) is 0 Å². The van der Waals surface area contributed by atoms with Crippen LogP contribution in [0.15, 0.2) is 74.5 Å². The molecule has 2 aliphatic heterocycles. The van der Waals surface area contributed by atoms with Gasteiger partial charge in [0.25, 0.3) is 0 Å². The van der Waals surface area contributed by atoms with E-state index in [0.29, 0.717) is 17.8 Å². The van der Waals surface area contributed by atoms with Gasteiger partial charge in [-0.3, -0.25) is 4.79 Å². The number of hydrogen-bond donors (Lipinski definition) is 0. The summed E-state index contributed by atoms with van der Waals surface area (Å²) in [6.45, 7) is 2.37. The van der Waals surface area contributed by atoms with Crippen molar-refractivity contribution in [1.29, 1.82) is 0 Å². The van der Waals surface area contributed by atoms with Gasteiger partial charge in [-0.15, -0.1) is 0 Å². The maximum absolute atomic E-state index is 13.0. The fraction of sp³-hybridized carbons (Fsp3) is 0.261. The SMILES string of the molecule is COC(=O)C1=C(C)N=C2SC=C(CC(=O)N(C)Cc3ccccc3)N2[C@@H]1c1ccsc1. The molecule has 1 atom stereocenters. The van der Waals surface area contributed by atoms with Gasteiger partial charge in [-0.25, -0.2) is 9.79 Å². The van der Waals surface area contributed by atoms with E-state index in [1.165, 1.54) is 18.9 Å². The number of benzene rings is 1. The molecule has 4 rings (SSSR count). The zero-order chi connectivity index (χ0) is 22.0. The Bertz CT molecular complexity index is 1070. The minimum atomic E-state index is -0.403. The minimum absolute atomic E-state index is 0.00640. The lowest BCUT2D eigenvalue weighted by Gasteiger charge is -2.35. The first-order valence-corrected chi connectivity index (χ1v) is 11.6. The van der Waals surface area contributed by atoms with Crippen LogP contribution in [0.1, 0.15) is 30.5 Å². The third-order valence-electron chi connectivity index (χ3n) is 5.29. The molecule has 3 heterocycles. The number of ether oxygens (including phenoxy) is 1. The van der Waals surface area contributed by atoms with E-state index in [4.69, 9.17) is 4.74 Å².